The van der Waals surface area contributed by atoms with Gasteiger partial charge in [-0.1, -0.05) is 30.3 Å². The van der Waals surface area contributed by atoms with Gasteiger partial charge in [0.2, 0.25) is 0 Å². The van der Waals surface area contributed by atoms with E-state index in [0.717, 1.165) is 17.8 Å². The Balaban J connectivity index is 1.77. The molecule has 1 aliphatic heterocycles. The van der Waals surface area contributed by atoms with E-state index in [-0.39, 0.29) is 5.91 Å². The van der Waals surface area contributed by atoms with Gasteiger partial charge in [-0.2, -0.15) is 0 Å². The predicted molar refractivity (Wildman–Crippen MR) is 97.8 cm³/mol. The van der Waals surface area contributed by atoms with Crippen molar-refractivity contribution in [2.75, 3.05) is 31.5 Å². The van der Waals surface area contributed by atoms with Crippen molar-refractivity contribution in [2.24, 2.45) is 5.73 Å². The molecule has 6 nitrogen and oxygen atoms in total. The van der Waals surface area contributed by atoms with Crippen molar-refractivity contribution >= 4 is 23.3 Å². The fourth-order valence-corrected chi connectivity index (χ4v) is 2.97. The first-order valence-electron chi connectivity index (χ1n) is 8.40. The van der Waals surface area contributed by atoms with Gasteiger partial charge in [-0.25, -0.2) is 4.79 Å². The van der Waals surface area contributed by atoms with E-state index in [0.29, 0.717) is 31.7 Å². The summed E-state index contributed by atoms with van der Waals surface area (Å²) in [6.45, 7) is 2.15. The monoisotopic (exact) mass is 338 g/mol. The summed E-state index contributed by atoms with van der Waals surface area (Å²) in [5.41, 5.74) is 7.68. The van der Waals surface area contributed by atoms with E-state index in [1.54, 1.807) is 9.80 Å². The van der Waals surface area contributed by atoms with E-state index < -0.39 is 6.03 Å². The number of carbonyl (C=O) groups is 2. The second-order valence-electron chi connectivity index (χ2n) is 6.01. The van der Waals surface area contributed by atoms with Gasteiger partial charge >= 0.3 is 6.03 Å². The summed E-state index contributed by atoms with van der Waals surface area (Å²) in [7, 11) is 0. The van der Waals surface area contributed by atoms with Crippen molar-refractivity contribution in [3.8, 4) is 0 Å². The van der Waals surface area contributed by atoms with Gasteiger partial charge in [-0.3, -0.25) is 4.79 Å². The number of nitrogens with zero attached hydrogens (tertiary/aromatic N) is 2. The van der Waals surface area contributed by atoms with Crippen LogP contribution in [0.4, 0.5) is 16.2 Å². The molecule has 6 heteroatoms. The third-order valence-corrected chi connectivity index (χ3v) is 4.31. The molecular weight excluding hydrogens is 316 g/mol. The number of rotatable bonds is 3. The molecule has 0 unspecified atom stereocenters. The zero-order valence-corrected chi connectivity index (χ0v) is 14.0. The Morgan fingerprint density at radius 1 is 0.840 bits per heavy atom. The molecule has 2 aromatic rings. The highest BCUT2D eigenvalue weighted by Gasteiger charge is 2.23. The van der Waals surface area contributed by atoms with Gasteiger partial charge in [0.15, 0.2) is 0 Å². The lowest BCUT2D eigenvalue weighted by molar-refractivity contribution is 0.0763. The maximum Gasteiger partial charge on any atom is 0.314 e. The van der Waals surface area contributed by atoms with Crippen LogP contribution in [0.5, 0.6) is 0 Å². The molecule has 0 aliphatic carbocycles. The van der Waals surface area contributed by atoms with Crippen molar-refractivity contribution in [2.45, 2.75) is 6.42 Å². The average Bonchev–Trinajstić information content (AvgIpc) is 2.89. The van der Waals surface area contributed by atoms with Gasteiger partial charge in [0.05, 0.1) is 11.3 Å². The van der Waals surface area contributed by atoms with E-state index in [1.807, 2.05) is 54.6 Å². The fraction of sp³-hybridized carbons (Fsp3) is 0.263. The topological polar surface area (TPSA) is 78.7 Å². The van der Waals surface area contributed by atoms with E-state index in [2.05, 4.69) is 5.32 Å². The molecule has 3 N–H and O–H groups in total. The van der Waals surface area contributed by atoms with Gasteiger partial charge in [0.1, 0.15) is 0 Å². The Hall–Kier alpha value is -3.02. The fourth-order valence-electron chi connectivity index (χ4n) is 2.97. The number of hydrogen-bond donors (Lipinski definition) is 2. The van der Waals surface area contributed by atoms with Crippen molar-refractivity contribution in [1.82, 2.24) is 9.80 Å². The molecule has 0 radical (unpaired) electrons. The van der Waals surface area contributed by atoms with Gasteiger partial charge in [-0.15, -0.1) is 0 Å². The van der Waals surface area contributed by atoms with E-state index in [4.69, 9.17) is 5.73 Å². The maximum atomic E-state index is 13.0. The predicted octanol–water partition coefficient (Wildman–Crippen LogP) is 2.66. The lowest BCUT2D eigenvalue weighted by Gasteiger charge is -2.22. The number of carbonyl (C=O) groups excluding carboxylic acids is 2. The highest BCUT2D eigenvalue weighted by Crippen LogP contribution is 2.22. The molecule has 3 rings (SSSR count). The first kappa shape index (κ1) is 16.8. The highest BCUT2D eigenvalue weighted by molar-refractivity contribution is 6.00. The van der Waals surface area contributed by atoms with Gasteiger partial charge in [-0.05, 0) is 30.7 Å². The van der Waals surface area contributed by atoms with Crippen LogP contribution in [0.15, 0.2) is 54.6 Å². The zero-order valence-electron chi connectivity index (χ0n) is 14.0. The standard InChI is InChI=1S/C19H22N4O2/c20-19(25)23-12-6-11-22(13-14-23)18(24)16-9-4-5-10-17(16)21-15-7-2-1-3-8-15/h1-5,7-10,21H,6,11-14H2,(H2,20,25). The van der Waals surface area contributed by atoms with Crippen molar-refractivity contribution < 1.29 is 9.59 Å². The van der Waals surface area contributed by atoms with Gasteiger partial charge in [0.25, 0.3) is 5.91 Å². The number of anilines is 2. The van der Waals surface area contributed by atoms with Crippen LogP contribution >= 0.6 is 0 Å². The summed E-state index contributed by atoms with van der Waals surface area (Å²) >= 11 is 0. The molecule has 0 bridgehead atoms. The number of para-hydroxylation sites is 2. The summed E-state index contributed by atoms with van der Waals surface area (Å²) in [5.74, 6) is -0.0367. The summed E-state index contributed by atoms with van der Waals surface area (Å²) in [5, 5.41) is 3.30. The van der Waals surface area contributed by atoms with Crippen LogP contribution in [0.3, 0.4) is 0 Å². The normalized spacial score (nSPS) is 14.7. The number of hydrogen-bond acceptors (Lipinski definition) is 3. The molecule has 3 amide bonds. The average molecular weight is 338 g/mol. The van der Waals surface area contributed by atoms with Crippen LogP contribution in [-0.2, 0) is 0 Å². The lowest BCUT2D eigenvalue weighted by Crippen LogP contribution is -2.39. The Kier molecular flexibility index (Phi) is 5.18. The van der Waals surface area contributed by atoms with E-state index in [1.165, 1.54) is 0 Å². The van der Waals surface area contributed by atoms with Crippen molar-refractivity contribution in [3.63, 3.8) is 0 Å². The van der Waals surface area contributed by atoms with Crippen LogP contribution < -0.4 is 11.1 Å². The van der Waals surface area contributed by atoms with Crippen LogP contribution in [0.1, 0.15) is 16.8 Å². The molecule has 1 aliphatic rings. The second-order valence-corrected chi connectivity index (χ2v) is 6.01. The number of amides is 3. The Morgan fingerprint density at radius 2 is 1.48 bits per heavy atom. The summed E-state index contributed by atoms with van der Waals surface area (Å²) in [6.07, 6.45) is 0.725. The summed E-state index contributed by atoms with van der Waals surface area (Å²) < 4.78 is 0. The number of nitrogens with one attached hydrogen (secondary N) is 1. The lowest BCUT2D eigenvalue weighted by atomic mass is 10.1. The quantitative estimate of drug-likeness (QED) is 0.903. The molecule has 0 atom stereocenters. The molecule has 130 valence electrons. The number of benzene rings is 2. The molecule has 1 heterocycles. The van der Waals surface area contributed by atoms with Crippen molar-refractivity contribution in [3.05, 3.63) is 60.2 Å². The Labute approximate surface area is 147 Å². The summed E-state index contributed by atoms with van der Waals surface area (Å²) in [6, 6.07) is 16.8. The Morgan fingerprint density at radius 3 is 2.24 bits per heavy atom. The highest BCUT2D eigenvalue weighted by atomic mass is 16.2. The first-order valence-corrected chi connectivity index (χ1v) is 8.40. The number of urea groups is 1. The third kappa shape index (κ3) is 4.09. The minimum atomic E-state index is -0.430. The second kappa shape index (κ2) is 7.70. The molecule has 0 aromatic heterocycles. The van der Waals surface area contributed by atoms with Crippen molar-refractivity contribution in [1.29, 1.82) is 0 Å². The third-order valence-electron chi connectivity index (χ3n) is 4.31. The van der Waals surface area contributed by atoms with E-state index >= 15 is 0 Å². The Bertz CT molecular complexity index is 748. The maximum absolute atomic E-state index is 13.0. The molecule has 0 saturated carbocycles. The largest absolute Gasteiger partial charge is 0.355 e. The SMILES string of the molecule is NC(=O)N1CCCN(C(=O)c2ccccc2Nc2ccccc2)CC1. The van der Waals surface area contributed by atoms with Crippen LogP contribution in [-0.4, -0.2) is 47.9 Å². The molecular formula is C19H22N4O2. The van der Waals surface area contributed by atoms with Crippen LogP contribution in [0.25, 0.3) is 0 Å². The number of nitrogens with two attached hydrogens (primary N) is 1. The summed E-state index contributed by atoms with van der Waals surface area (Å²) in [4.78, 5) is 27.7. The minimum absolute atomic E-state index is 0.0367. The first-order chi connectivity index (χ1) is 12.1. The molecule has 2 aromatic carbocycles. The zero-order chi connectivity index (χ0) is 17.6. The molecule has 1 fully saturated rings. The molecule has 0 spiro atoms. The minimum Gasteiger partial charge on any atom is -0.355 e. The van der Waals surface area contributed by atoms with Crippen LogP contribution in [0.2, 0.25) is 0 Å². The van der Waals surface area contributed by atoms with Crippen LogP contribution in [0, 0.1) is 0 Å². The smallest absolute Gasteiger partial charge is 0.314 e. The van der Waals surface area contributed by atoms with E-state index in [9.17, 15) is 9.59 Å². The number of primary amides is 1. The molecule has 25 heavy (non-hydrogen) atoms. The molecule has 1 saturated heterocycles. The van der Waals surface area contributed by atoms with Gasteiger partial charge < -0.3 is 20.9 Å². The van der Waals surface area contributed by atoms with Gasteiger partial charge in [0, 0.05) is 31.9 Å².